The minimum atomic E-state index is -0.567. The Balaban J connectivity index is 3.19. The molecule has 3 nitrogen and oxygen atoms in total. The van der Waals surface area contributed by atoms with Gasteiger partial charge in [-0.05, 0) is 39.0 Å². The molecule has 0 aliphatic heterocycles. The molecule has 0 heterocycles. The number of hydrogen-bond donors (Lipinski definition) is 1. The molecule has 0 aliphatic carbocycles. The molecule has 0 radical (unpaired) electrons. The van der Waals surface area contributed by atoms with E-state index >= 15 is 0 Å². The van der Waals surface area contributed by atoms with E-state index in [9.17, 15) is 4.79 Å². The predicted molar refractivity (Wildman–Crippen MR) is 102 cm³/mol. The molecule has 0 rings (SSSR count). The fourth-order valence-electron chi connectivity index (χ4n) is 2.63. The molecule has 0 aromatic heterocycles. The van der Waals surface area contributed by atoms with Gasteiger partial charge in [-0.15, -0.1) is 0 Å². The summed E-state index contributed by atoms with van der Waals surface area (Å²) in [7, 11) is 0. The molecule has 0 aromatic carbocycles. The number of allylic oxidation sites excluding steroid dienone is 2. The van der Waals surface area contributed by atoms with Crippen molar-refractivity contribution in [2.45, 2.75) is 110 Å². The number of ether oxygens (including phenoxy) is 1. The highest BCUT2D eigenvalue weighted by Gasteiger charge is 2.04. The number of esters is 1. The Labute approximate surface area is 149 Å². The van der Waals surface area contributed by atoms with Gasteiger partial charge in [-0.25, -0.2) is 0 Å². The van der Waals surface area contributed by atoms with Crippen molar-refractivity contribution >= 4 is 5.97 Å². The topological polar surface area (TPSA) is 46.5 Å². The van der Waals surface area contributed by atoms with E-state index in [-0.39, 0.29) is 12.6 Å². The van der Waals surface area contributed by atoms with Crippen molar-refractivity contribution in [3.05, 3.63) is 12.2 Å². The Bertz CT molecular complexity index is 297. The lowest BCUT2D eigenvalue weighted by molar-refractivity contribution is -0.146. The van der Waals surface area contributed by atoms with Gasteiger partial charge < -0.3 is 9.84 Å². The Morgan fingerprint density at radius 2 is 1.38 bits per heavy atom. The number of carbonyl (C=O) groups excluding carboxylic acids is 1. The van der Waals surface area contributed by atoms with Crippen LogP contribution in [0.15, 0.2) is 12.2 Å². The van der Waals surface area contributed by atoms with Gasteiger partial charge in [-0.2, -0.15) is 0 Å². The third kappa shape index (κ3) is 19.2. The molecule has 142 valence electrons. The van der Waals surface area contributed by atoms with Crippen molar-refractivity contribution in [2.75, 3.05) is 6.61 Å². The maximum absolute atomic E-state index is 11.3. The summed E-state index contributed by atoms with van der Waals surface area (Å²) in [5.41, 5.74) is 0. The molecule has 3 heteroatoms. The minimum Gasteiger partial charge on any atom is -0.463 e. The summed E-state index contributed by atoms with van der Waals surface area (Å²) in [6.45, 7) is 4.00. The summed E-state index contributed by atoms with van der Waals surface area (Å²) in [5.74, 6) is -0.187. The van der Waals surface area contributed by atoms with Gasteiger partial charge in [-0.3, -0.25) is 4.79 Å². The molecule has 0 aromatic rings. The molecule has 0 aliphatic rings. The molecule has 0 spiro atoms. The summed E-state index contributed by atoms with van der Waals surface area (Å²) in [5, 5.41) is 9.02. The van der Waals surface area contributed by atoms with Crippen molar-refractivity contribution in [2.24, 2.45) is 0 Å². The monoisotopic (exact) mass is 340 g/mol. The first-order valence-corrected chi connectivity index (χ1v) is 10.2. The number of hydrogen-bond acceptors (Lipinski definition) is 3. The van der Waals surface area contributed by atoms with Gasteiger partial charge in [0.05, 0.1) is 6.10 Å². The summed E-state index contributed by atoms with van der Waals surface area (Å²) in [6, 6.07) is 0. The maximum atomic E-state index is 11.3. The van der Waals surface area contributed by atoms with Crippen LogP contribution in [0.2, 0.25) is 0 Å². The molecule has 0 fully saturated rings. The summed E-state index contributed by atoms with van der Waals surface area (Å²) in [6.07, 6.45) is 20.9. The molecule has 0 saturated heterocycles. The molecular weight excluding hydrogens is 300 g/mol. The highest BCUT2D eigenvalue weighted by Crippen LogP contribution is 2.10. The Morgan fingerprint density at radius 1 is 0.875 bits per heavy atom. The first-order chi connectivity index (χ1) is 11.7. The van der Waals surface area contributed by atoms with Crippen molar-refractivity contribution < 1.29 is 14.6 Å². The van der Waals surface area contributed by atoms with Crippen molar-refractivity contribution in [1.29, 1.82) is 0 Å². The molecule has 0 bridgehead atoms. The van der Waals surface area contributed by atoms with Gasteiger partial charge in [0.2, 0.25) is 0 Å². The van der Waals surface area contributed by atoms with E-state index in [1.807, 2.05) is 0 Å². The van der Waals surface area contributed by atoms with E-state index in [0.29, 0.717) is 6.42 Å². The van der Waals surface area contributed by atoms with Gasteiger partial charge in [0.1, 0.15) is 6.61 Å². The van der Waals surface area contributed by atoms with Crippen LogP contribution in [0.1, 0.15) is 104 Å². The van der Waals surface area contributed by atoms with Gasteiger partial charge in [0, 0.05) is 6.42 Å². The number of unbranched alkanes of at least 4 members (excludes halogenated alkanes) is 11. The van der Waals surface area contributed by atoms with Crippen LogP contribution in [-0.2, 0) is 9.53 Å². The lowest BCUT2D eigenvalue weighted by Gasteiger charge is -2.06. The molecule has 0 amide bonds. The standard InChI is InChI=1S/C21H40O3/c1-3-4-5-6-7-8-9-10-11-12-13-14-15-16-17-18-21(23)24-19-20(2)22/h10-11,20,22H,3-9,12-19H2,1-2H3/b11-10+. The molecule has 1 unspecified atom stereocenters. The second-order valence-corrected chi connectivity index (χ2v) is 6.87. The fraction of sp³-hybridized carbons (Fsp3) is 0.857. The summed E-state index contributed by atoms with van der Waals surface area (Å²) >= 11 is 0. The summed E-state index contributed by atoms with van der Waals surface area (Å²) in [4.78, 5) is 11.3. The van der Waals surface area contributed by atoms with E-state index in [1.165, 1.54) is 70.6 Å². The number of rotatable bonds is 17. The maximum Gasteiger partial charge on any atom is 0.305 e. The predicted octanol–water partition coefficient (Wildman–Crippen LogP) is 5.95. The minimum absolute atomic E-state index is 0.115. The zero-order valence-corrected chi connectivity index (χ0v) is 16.1. The van der Waals surface area contributed by atoms with Crippen LogP contribution in [0, 0.1) is 0 Å². The zero-order valence-electron chi connectivity index (χ0n) is 16.1. The fourth-order valence-corrected chi connectivity index (χ4v) is 2.63. The van der Waals surface area contributed by atoms with Crippen LogP contribution in [0.3, 0.4) is 0 Å². The lowest BCUT2D eigenvalue weighted by Crippen LogP contribution is -2.14. The van der Waals surface area contributed by atoms with Gasteiger partial charge in [0.25, 0.3) is 0 Å². The highest BCUT2D eigenvalue weighted by molar-refractivity contribution is 5.69. The van der Waals surface area contributed by atoms with Gasteiger partial charge >= 0.3 is 5.97 Å². The highest BCUT2D eigenvalue weighted by atomic mass is 16.5. The van der Waals surface area contributed by atoms with Crippen LogP contribution in [0.4, 0.5) is 0 Å². The smallest absolute Gasteiger partial charge is 0.305 e. The Morgan fingerprint density at radius 3 is 1.92 bits per heavy atom. The van der Waals surface area contributed by atoms with E-state index in [2.05, 4.69) is 19.1 Å². The third-order valence-corrected chi connectivity index (χ3v) is 4.13. The zero-order chi connectivity index (χ0) is 17.9. The van der Waals surface area contributed by atoms with Crippen molar-refractivity contribution in [3.63, 3.8) is 0 Å². The third-order valence-electron chi connectivity index (χ3n) is 4.13. The lowest BCUT2D eigenvalue weighted by atomic mass is 10.1. The van der Waals surface area contributed by atoms with E-state index in [1.54, 1.807) is 6.92 Å². The van der Waals surface area contributed by atoms with Crippen molar-refractivity contribution in [1.82, 2.24) is 0 Å². The average Bonchev–Trinajstić information content (AvgIpc) is 2.56. The van der Waals surface area contributed by atoms with Crippen LogP contribution in [0.5, 0.6) is 0 Å². The molecule has 1 N–H and O–H groups in total. The van der Waals surface area contributed by atoms with Crippen LogP contribution in [-0.4, -0.2) is 23.8 Å². The number of carbonyl (C=O) groups is 1. The molecule has 0 saturated carbocycles. The normalized spacial score (nSPS) is 12.6. The van der Waals surface area contributed by atoms with Crippen LogP contribution in [0.25, 0.3) is 0 Å². The SMILES string of the molecule is CCCCCCCC/C=C/CCCCCCCC(=O)OCC(C)O. The number of aliphatic hydroxyl groups excluding tert-OH is 1. The van der Waals surface area contributed by atoms with E-state index in [0.717, 1.165) is 12.8 Å². The van der Waals surface area contributed by atoms with E-state index in [4.69, 9.17) is 9.84 Å². The first kappa shape index (κ1) is 23.2. The van der Waals surface area contributed by atoms with Crippen molar-refractivity contribution in [3.8, 4) is 0 Å². The molecular formula is C21H40O3. The Kier molecular flexibility index (Phi) is 17.9. The van der Waals surface area contributed by atoms with Crippen LogP contribution < -0.4 is 0 Å². The first-order valence-electron chi connectivity index (χ1n) is 10.2. The second-order valence-electron chi connectivity index (χ2n) is 6.87. The second kappa shape index (κ2) is 18.5. The molecule has 24 heavy (non-hydrogen) atoms. The van der Waals surface area contributed by atoms with Gasteiger partial charge in [-0.1, -0.05) is 70.4 Å². The largest absolute Gasteiger partial charge is 0.463 e. The summed E-state index contributed by atoms with van der Waals surface area (Å²) < 4.78 is 4.92. The molecule has 1 atom stereocenters. The average molecular weight is 341 g/mol. The Hall–Kier alpha value is -0.830. The quantitative estimate of drug-likeness (QED) is 0.202. The van der Waals surface area contributed by atoms with Gasteiger partial charge in [0.15, 0.2) is 0 Å². The number of aliphatic hydroxyl groups is 1. The van der Waals surface area contributed by atoms with E-state index < -0.39 is 6.10 Å². The van der Waals surface area contributed by atoms with Crippen LogP contribution >= 0.6 is 0 Å².